The fourth-order valence-electron chi connectivity index (χ4n) is 1.99. The molecule has 116 valence electrons. The molecular weight excluding hydrogens is 278 g/mol. The summed E-state index contributed by atoms with van der Waals surface area (Å²) in [6.07, 6.45) is 3.24. The Labute approximate surface area is 130 Å². The van der Waals surface area contributed by atoms with Crippen molar-refractivity contribution >= 4 is 17.3 Å². The largest absolute Gasteiger partial charge is 0.383 e. The third kappa shape index (κ3) is 4.30. The molecule has 0 aliphatic rings. The highest BCUT2D eigenvalue weighted by atomic mass is 16.5. The summed E-state index contributed by atoms with van der Waals surface area (Å²) in [5.41, 5.74) is 4.73. The molecule has 0 unspecified atom stereocenters. The van der Waals surface area contributed by atoms with E-state index in [-0.39, 0.29) is 5.91 Å². The number of anilines is 2. The second-order valence-corrected chi connectivity index (χ2v) is 5.14. The van der Waals surface area contributed by atoms with Crippen LogP contribution < -0.4 is 10.6 Å². The van der Waals surface area contributed by atoms with E-state index in [0.717, 1.165) is 11.4 Å². The monoisotopic (exact) mass is 299 g/mol. The SMILES string of the molecule is COCCNC(=O)c1cncc(Nc2ccc(C)c(C)c2)c1. The molecule has 2 aromatic rings. The highest BCUT2D eigenvalue weighted by molar-refractivity contribution is 5.94. The summed E-state index contributed by atoms with van der Waals surface area (Å²) in [5, 5.41) is 6.04. The van der Waals surface area contributed by atoms with Crippen molar-refractivity contribution in [1.82, 2.24) is 10.3 Å². The maximum absolute atomic E-state index is 12.0. The van der Waals surface area contributed by atoms with Gasteiger partial charge in [0.05, 0.1) is 24.1 Å². The zero-order chi connectivity index (χ0) is 15.9. The quantitative estimate of drug-likeness (QED) is 0.805. The van der Waals surface area contributed by atoms with Gasteiger partial charge in [0.15, 0.2) is 0 Å². The predicted octanol–water partition coefficient (Wildman–Crippen LogP) is 2.82. The molecule has 0 radical (unpaired) electrons. The van der Waals surface area contributed by atoms with Gasteiger partial charge in [-0.2, -0.15) is 0 Å². The number of carbonyl (C=O) groups is 1. The Morgan fingerprint density at radius 2 is 1.95 bits per heavy atom. The molecule has 1 heterocycles. The molecule has 2 N–H and O–H groups in total. The third-order valence-corrected chi connectivity index (χ3v) is 3.39. The standard InChI is InChI=1S/C17H21N3O2/c1-12-4-5-15(8-13(12)2)20-16-9-14(10-18-11-16)17(21)19-6-7-22-3/h4-5,8-11,20H,6-7H2,1-3H3,(H,19,21). The van der Waals surface area contributed by atoms with E-state index in [1.807, 2.05) is 6.07 Å². The number of hydrogen-bond acceptors (Lipinski definition) is 4. The van der Waals surface area contributed by atoms with Crippen LogP contribution >= 0.6 is 0 Å². The number of rotatable bonds is 6. The maximum atomic E-state index is 12.0. The van der Waals surface area contributed by atoms with Crippen molar-refractivity contribution in [3.05, 3.63) is 53.3 Å². The summed E-state index contributed by atoms with van der Waals surface area (Å²) in [4.78, 5) is 16.1. The van der Waals surface area contributed by atoms with Crippen molar-refractivity contribution < 1.29 is 9.53 Å². The molecule has 0 bridgehead atoms. The van der Waals surface area contributed by atoms with Crippen molar-refractivity contribution in [1.29, 1.82) is 0 Å². The summed E-state index contributed by atoms with van der Waals surface area (Å²) in [7, 11) is 1.60. The number of methoxy groups -OCH3 is 1. The minimum Gasteiger partial charge on any atom is -0.383 e. The molecule has 1 amide bonds. The molecule has 0 saturated heterocycles. The second kappa shape index (κ2) is 7.56. The van der Waals surface area contributed by atoms with E-state index < -0.39 is 0 Å². The Kier molecular flexibility index (Phi) is 5.49. The topological polar surface area (TPSA) is 63.2 Å². The van der Waals surface area contributed by atoms with Crippen LogP contribution in [0.3, 0.4) is 0 Å². The summed E-state index contributed by atoms with van der Waals surface area (Å²) in [6.45, 7) is 5.11. The first kappa shape index (κ1) is 16.0. The highest BCUT2D eigenvalue weighted by Gasteiger charge is 2.06. The minimum absolute atomic E-state index is 0.159. The molecule has 2 rings (SSSR count). The van der Waals surface area contributed by atoms with E-state index in [1.54, 1.807) is 25.6 Å². The second-order valence-electron chi connectivity index (χ2n) is 5.14. The van der Waals surface area contributed by atoms with E-state index in [9.17, 15) is 4.79 Å². The molecule has 0 aliphatic carbocycles. The zero-order valence-corrected chi connectivity index (χ0v) is 13.1. The van der Waals surface area contributed by atoms with E-state index >= 15 is 0 Å². The molecule has 0 aliphatic heterocycles. The van der Waals surface area contributed by atoms with Gasteiger partial charge < -0.3 is 15.4 Å². The Bertz CT molecular complexity index is 656. The molecule has 5 nitrogen and oxygen atoms in total. The molecule has 22 heavy (non-hydrogen) atoms. The van der Waals surface area contributed by atoms with Crippen LogP contribution in [0.5, 0.6) is 0 Å². The Morgan fingerprint density at radius 1 is 1.14 bits per heavy atom. The Morgan fingerprint density at radius 3 is 2.68 bits per heavy atom. The highest BCUT2D eigenvalue weighted by Crippen LogP contribution is 2.19. The lowest BCUT2D eigenvalue weighted by molar-refractivity contribution is 0.0937. The average molecular weight is 299 g/mol. The van der Waals surface area contributed by atoms with Gasteiger partial charge in [-0.15, -0.1) is 0 Å². The number of aryl methyl sites for hydroxylation is 2. The minimum atomic E-state index is -0.159. The number of ether oxygens (including phenoxy) is 1. The van der Waals surface area contributed by atoms with E-state index in [4.69, 9.17) is 4.74 Å². The van der Waals surface area contributed by atoms with Gasteiger partial charge in [-0.25, -0.2) is 0 Å². The van der Waals surface area contributed by atoms with Crippen LogP contribution in [0.15, 0.2) is 36.7 Å². The van der Waals surface area contributed by atoms with Gasteiger partial charge in [0.2, 0.25) is 0 Å². The first-order valence-corrected chi connectivity index (χ1v) is 7.16. The van der Waals surface area contributed by atoms with Crippen LogP contribution in [-0.4, -0.2) is 31.2 Å². The summed E-state index contributed by atoms with van der Waals surface area (Å²) < 4.78 is 4.91. The lowest BCUT2D eigenvalue weighted by Gasteiger charge is -2.10. The number of amides is 1. The summed E-state index contributed by atoms with van der Waals surface area (Å²) in [6, 6.07) is 7.92. The molecule has 0 atom stereocenters. The van der Waals surface area contributed by atoms with Crippen LogP contribution in [0.1, 0.15) is 21.5 Å². The van der Waals surface area contributed by atoms with Gasteiger partial charge in [0, 0.05) is 25.5 Å². The maximum Gasteiger partial charge on any atom is 0.253 e. The molecule has 0 spiro atoms. The van der Waals surface area contributed by atoms with Gasteiger partial charge in [-0.3, -0.25) is 9.78 Å². The number of hydrogen-bond donors (Lipinski definition) is 2. The van der Waals surface area contributed by atoms with Gasteiger partial charge >= 0.3 is 0 Å². The van der Waals surface area contributed by atoms with Crippen molar-refractivity contribution in [3.8, 4) is 0 Å². The first-order chi connectivity index (χ1) is 10.6. The fourth-order valence-corrected chi connectivity index (χ4v) is 1.99. The van der Waals surface area contributed by atoms with Crippen molar-refractivity contribution in [2.75, 3.05) is 25.6 Å². The lowest BCUT2D eigenvalue weighted by Crippen LogP contribution is -2.27. The normalized spacial score (nSPS) is 10.3. The number of aromatic nitrogens is 1. The first-order valence-electron chi connectivity index (χ1n) is 7.16. The molecule has 0 saturated carbocycles. The average Bonchev–Trinajstić information content (AvgIpc) is 2.51. The summed E-state index contributed by atoms with van der Waals surface area (Å²) in [5.74, 6) is -0.159. The molecule has 5 heteroatoms. The molecular formula is C17H21N3O2. The predicted molar refractivity (Wildman–Crippen MR) is 87.6 cm³/mol. The van der Waals surface area contributed by atoms with Gasteiger partial charge in [0.1, 0.15) is 0 Å². The number of carbonyl (C=O) groups excluding carboxylic acids is 1. The lowest BCUT2D eigenvalue weighted by atomic mass is 10.1. The number of pyridine rings is 1. The number of nitrogens with zero attached hydrogens (tertiary/aromatic N) is 1. The molecule has 0 fully saturated rings. The van der Waals surface area contributed by atoms with Crippen molar-refractivity contribution in [2.24, 2.45) is 0 Å². The number of benzene rings is 1. The third-order valence-electron chi connectivity index (χ3n) is 3.39. The van der Waals surface area contributed by atoms with E-state index in [2.05, 4.69) is 41.6 Å². The van der Waals surface area contributed by atoms with Crippen LogP contribution in [-0.2, 0) is 4.74 Å². The number of nitrogens with one attached hydrogen (secondary N) is 2. The summed E-state index contributed by atoms with van der Waals surface area (Å²) >= 11 is 0. The van der Waals surface area contributed by atoms with Crippen molar-refractivity contribution in [3.63, 3.8) is 0 Å². The van der Waals surface area contributed by atoms with E-state index in [1.165, 1.54) is 11.1 Å². The smallest absolute Gasteiger partial charge is 0.253 e. The van der Waals surface area contributed by atoms with E-state index in [0.29, 0.717) is 18.7 Å². The van der Waals surface area contributed by atoms with Gasteiger partial charge in [-0.1, -0.05) is 6.07 Å². The van der Waals surface area contributed by atoms with Crippen LogP contribution in [0.25, 0.3) is 0 Å². The van der Waals surface area contributed by atoms with Crippen molar-refractivity contribution in [2.45, 2.75) is 13.8 Å². The van der Waals surface area contributed by atoms with Gasteiger partial charge in [0.25, 0.3) is 5.91 Å². The van der Waals surface area contributed by atoms with Crippen LogP contribution in [0.2, 0.25) is 0 Å². The van der Waals surface area contributed by atoms with Crippen LogP contribution in [0.4, 0.5) is 11.4 Å². The van der Waals surface area contributed by atoms with Crippen LogP contribution in [0, 0.1) is 13.8 Å². The fraction of sp³-hybridized carbons (Fsp3) is 0.294. The Hall–Kier alpha value is -2.40. The molecule has 1 aromatic heterocycles. The van der Waals surface area contributed by atoms with Gasteiger partial charge in [-0.05, 0) is 43.2 Å². The Balaban J connectivity index is 2.07. The molecule has 1 aromatic carbocycles. The zero-order valence-electron chi connectivity index (χ0n) is 13.1.